The van der Waals surface area contributed by atoms with E-state index in [1.54, 1.807) is 13.0 Å². The fourth-order valence-corrected chi connectivity index (χ4v) is 4.33. The first kappa shape index (κ1) is 14.2. The second kappa shape index (κ2) is 4.93. The Bertz CT molecular complexity index is 795. The number of halogens is 1. The number of fused-ring (bicyclic) bond motifs is 1. The van der Waals surface area contributed by atoms with Crippen LogP contribution in [0.2, 0.25) is 5.02 Å². The number of anilines is 2. The van der Waals surface area contributed by atoms with Crippen LogP contribution in [0, 0.1) is 6.92 Å². The minimum Gasteiger partial charge on any atom is -0.397 e. The van der Waals surface area contributed by atoms with E-state index in [9.17, 15) is 8.42 Å². The van der Waals surface area contributed by atoms with Crippen LogP contribution < -0.4 is 10.0 Å². The summed E-state index contributed by atoms with van der Waals surface area (Å²) in [5.74, 6) is 0. The number of hydrogen-bond acceptors (Lipinski definition) is 3. The Morgan fingerprint density at radius 2 is 1.95 bits per heavy atom. The summed E-state index contributed by atoms with van der Waals surface area (Å²) in [4.78, 5) is 0.179. The van der Waals surface area contributed by atoms with Crippen molar-refractivity contribution >= 4 is 33.0 Å². The molecule has 2 aromatic carbocycles. The predicted molar refractivity (Wildman–Crippen MR) is 85.3 cm³/mol. The Morgan fingerprint density at radius 1 is 1.24 bits per heavy atom. The fraction of sp³-hybridized carbons (Fsp3) is 0.200. The summed E-state index contributed by atoms with van der Waals surface area (Å²) in [6, 6.07) is 10.5. The molecule has 1 aliphatic rings. The molecule has 4 nitrogen and oxygen atoms in total. The van der Waals surface area contributed by atoms with Gasteiger partial charge in [-0.2, -0.15) is 0 Å². The number of para-hydroxylation sites is 1. The second-order valence-corrected chi connectivity index (χ2v) is 7.34. The van der Waals surface area contributed by atoms with Crippen molar-refractivity contribution in [1.82, 2.24) is 0 Å². The number of hydrogen-bond donors (Lipinski definition) is 1. The third kappa shape index (κ3) is 2.26. The van der Waals surface area contributed by atoms with Gasteiger partial charge in [0.1, 0.15) is 0 Å². The monoisotopic (exact) mass is 322 g/mol. The van der Waals surface area contributed by atoms with Gasteiger partial charge in [0, 0.05) is 6.54 Å². The Kier molecular flexibility index (Phi) is 3.34. The SMILES string of the molecule is Cc1cc(S(=O)(=O)N2CCc3ccccc32)cc(N)c1Cl. The van der Waals surface area contributed by atoms with Crippen molar-refractivity contribution in [3.05, 3.63) is 52.5 Å². The molecule has 0 aliphatic carbocycles. The summed E-state index contributed by atoms with van der Waals surface area (Å²) in [6.07, 6.45) is 0.720. The highest BCUT2D eigenvalue weighted by atomic mass is 35.5. The first-order valence-electron chi connectivity index (χ1n) is 6.57. The molecule has 0 fully saturated rings. The van der Waals surface area contributed by atoms with E-state index in [1.165, 1.54) is 10.4 Å². The maximum absolute atomic E-state index is 12.8. The molecular formula is C15H15ClN2O2S. The van der Waals surface area contributed by atoms with Gasteiger partial charge in [0.25, 0.3) is 10.0 Å². The summed E-state index contributed by atoms with van der Waals surface area (Å²) in [7, 11) is -3.62. The number of nitrogen functional groups attached to an aromatic ring is 1. The Balaban J connectivity index is 2.11. The molecule has 0 bridgehead atoms. The van der Waals surface area contributed by atoms with Crippen LogP contribution in [0.1, 0.15) is 11.1 Å². The van der Waals surface area contributed by atoms with E-state index in [2.05, 4.69) is 0 Å². The molecular weight excluding hydrogens is 308 g/mol. The van der Waals surface area contributed by atoms with Gasteiger partial charge in [-0.05, 0) is 42.7 Å². The van der Waals surface area contributed by atoms with Crippen LogP contribution in [0.25, 0.3) is 0 Å². The Morgan fingerprint density at radius 3 is 2.67 bits per heavy atom. The number of benzene rings is 2. The fourth-order valence-electron chi connectivity index (χ4n) is 2.60. The lowest BCUT2D eigenvalue weighted by molar-refractivity contribution is 0.592. The zero-order valence-corrected chi connectivity index (χ0v) is 13.1. The highest BCUT2D eigenvalue weighted by Gasteiger charge is 2.31. The van der Waals surface area contributed by atoms with E-state index in [4.69, 9.17) is 17.3 Å². The van der Waals surface area contributed by atoms with Crippen LogP contribution in [0.3, 0.4) is 0 Å². The summed E-state index contributed by atoms with van der Waals surface area (Å²) in [5.41, 5.74) is 8.51. The highest BCUT2D eigenvalue weighted by Crippen LogP contribution is 2.34. The summed E-state index contributed by atoms with van der Waals surface area (Å²) in [5, 5.41) is 0.399. The maximum Gasteiger partial charge on any atom is 0.264 e. The van der Waals surface area contributed by atoms with E-state index in [0.717, 1.165) is 17.7 Å². The molecule has 6 heteroatoms. The average Bonchev–Trinajstić information content (AvgIpc) is 2.88. The largest absolute Gasteiger partial charge is 0.397 e. The van der Waals surface area contributed by atoms with Crippen molar-refractivity contribution in [3.63, 3.8) is 0 Å². The molecule has 110 valence electrons. The first-order valence-corrected chi connectivity index (χ1v) is 8.39. The molecule has 2 aromatic rings. The van der Waals surface area contributed by atoms with E-state index < -0.39 is 10.0 Å². The van der Waals surface area contributed by atoms with Gasteiger partial charge in [-0.3, -0.25) is 4.31 Å². The summed E-state index contributed by atoms with van der Waals surface area (Å²) >= 11 is 6.01. The average molecular weight is 323 g/mol. The van der Waals surface area contributed by atoms with Crippen molar-refractivity contribution in [2.75, 3.05) is 16.6 Å². The van der Waals surface area contributed by atoms with Gasteiger partial charge in [0.05, 0.1) is 21.3 Å². The summed E-state index contributed by atoms with van der Waals surface area (Å²) < 4.78 is 27.1. The smallest absolute Gasteiger partial charge is 0.264 e. The number of sulfonamides is 1. The third-order valence-corrected chi connectivity index (χ3v) is 6.00. The minimum absolute atomic E-state index is 0.179. The number of aryl methyl sites for hydroxylation is 1. The van der Waals surface area contributed by atoms with Crippen LogP contribution in [0.4, 0.5) is 11.4 Å². The van der Waals surface area contributed by atoms with Crippen molar-refractivity contribution in [1.29, 1.82) is 0 Å². The zero-order chi connectivity index (χ0) is 15.2. The lowest BCUT2D eigenvalue weighted by Gasteiger charge is -2.20. The molecule has 0 unspecified atom stereocenters. The van der Waals surface area contributed by atoms with E-state index >= 15 is 0 Å². The van der Waals surface area contributed by atoms with Crippen LogP contribution in [-0.4, -0.2) is 15.0 Å². The van der Waals surface area contributed by atoms with E-state index in [-0.39, 0.29) is 10.6 Å². The normalized spacial score (nSPS) is 14.3. The molecule has 0 saturated carbocycles. The van der Waals surface area contributed by atoms with E-state index in [1.807, 2.05) is 24.3 Å². The number of nitrogens with zero attached hydrogens (tertiary/aromatic N) is 1. The second-order valence-electron chi connectivity index (χ2n) is 5.10. The molecule has 2 N–H and O–H groups in total. The first-order chi connectivity index (χ1) is 9.91. The van der Waals surface area contributed by atoms with Gasteiger partial charge in [-0.15, -0.1) is 0 Å². The molecule has 0 aromatic heterocycles. The molecule has 1 heterocycles. The van der Waals surface area contributed by atoms with Crippen LogP contribution in [0.5, 0.6) is 0 Å². The van der Waals surface area contributed by atoms with Gasteiger partial charge >= 0.3 is 0 Å². The lowest BCUT2D eigenvalue weighted by atomic mass is 10.2. The molecule has 0 saturated heterocycles. The number of nitrogens with two attached hydrogens (primary N) is 1. The van der Waals surface area contributed by atoms with Gasteiger partial charge in [0.15, 0.2) is 0 Å². The molecule has 0 amide bonds. The van der Waals surface area contributed by atoms with Crippen LogP contribution in [-0.2, 0) is 16.4 Å². The van der Waals surface area contributed by atoms with E-state index in [0.29, 0.717) is 17.1 Å². The standard InChI is InChI=1S/C15H15ClN2O2S/c1-10-8-12(9-13(17)15(10)16)21(19,20)18-7-6-11-4-2-3-5-14(11)18/h2-5,8-9H,6-7,17H2,1H3. The lowest BCUT2D eigenvalue weighted by Crippen LogP contribution is -2.29. The van der Waals surface area contributed by atoms with Gasteiger partial charge in [0.2, 0.25) is 0 Å². The molecule has 0 atom stereocenters. The maximum atomic E-state index is 12.8. The van der Waals surface area contributed by atoms with Crippen molar-refractivity contribution in [2.24, 2.45) is 0 Å². The topological polar surface area (TPSA) is 63.4 Å². The molecule has 1 aliphatic heterocycles. The summed E-state index contributed by atoms with van der Waals surface area (Å²) in [6.45, 7) is 2.19. The molecule has 0 spiro atoms. The van der Waals surface area contributed by atoms with Crippen molar-refractivity contribution in [3.8, 4) is 0 Å². The zero-order valence-electron chi connectivity index (χ0n) is 11.5. The molecule has 21 heavy (non-hydrogen) atoms. The highest BCUT2D eigenvalue weighted by molar-refractivity contribution is 7.92. The van der Waals surface area contributed by atoms with Crippen LogP contribution >= 0.6 is 11.6 Å². The van der Waals surface area contributed by atoms with Gasteiger partial charge in [-0.1, -0.05) is 29.8 Å². The quantitative estimate of drug-likeness (QED) is 0.864. The Labute approximate surface area is 129 Å². The molecule has 3 rings (SSSR count). The Hall–Kier alpha value is -1.72. The minimum atomic E-state index is -3.62. The number of rotatable bonds is 2. The molecule has 0 radical (unpaired) electrons. The van der Waals surface area contributed by atoms with Gasteiger partial charge < -0.3 is 5.73 Å². The predicted octanol–water partition coefficient (Wildman–Crippen LogP) is 2.98. The van der Waals surface area contributed by atoms with Crippen molar-refractivity contribution in [2.45, 2.75) is 18.2 Å². The van der Waals surface area contributed by atoms with Gasteiger partial charge in [-0.25, -0.2) is 8.42 Å². The third-order valence-electron chi connectivity index (χ3n) is 3.69. The van der Waals surface area contributed by atoms with Crippen LogP contribution in [0.15, 0.2) is 41.3 Å². The van der Waals surface area contributed by atoms with Crippen molar-refractivity contribution < 1.29 is 8.42 Å².